The molecule has 22 heavy (non-hydrogen) atoms. The fourth-order valence-corrected chi connectivity index (χ4v) is 3.32. The smallest absolute Gasteiger partial charge is 0.337 e. The molecular weight excluding hydrogens is 328 g/mol. The summed E-state index contributed by atoms with van der Waals surface area (Å²) in [5.74, 6) is -0.556. The van der Waals surface area contributed by atoms with Crippen LogP contribution in [0.25, 0.3) is 0 Å². The number of hydrogen-bond donors (Lipinski definition) is 1. The summed E-state index contributed by atoms with van der Waals surface area (Å²) in [5.41, 5.74) is 1.15. The Balaban J connectivity index is 2.42. The van der Waals surface area contributed by atoms with Crippen molar-refractivity contribution >= 4 is 33.3 Å². The Morgan fingerprint density at radius 2 is 2.05 bits per heavy atom. The first kappa shape index (κ1) is 16.3. The van der Waals surface area contributed by atoms with Gasteiger partial charge in [-0.25, -0.2) is 18.2 Å². The molecule has 0 atom stereocenters. The van der Waals surface area contributed by atoms with E-state index in [4.69, 9.17) is 11.6 Å². The van der Waals surface area contributed by atoms with Crippen molar-refractivity contribution in [3.63, 3.8) is 0 Å². The van der Waals surface area contributed by atoms with Crippen LogP contribution in [-0.2, 0) is 14.8 Å². The molecule has 0 radical (unpaired) electrons. The standard InChI is InChI=1S/C14H13ClN2O4S/c1-9-5-6-10(14(18)21-2)8-11(9)17-22(19,20)12-4-3-7-16-13(12)15/h3-8,17H,1-2H3. The second kappa shape index (κ2) is 6.33. The minimum absolute atomic E-state index is 0.128. The number of aromatic nitrogens is 1. The van der Waals surface area contributed by atoms with Crippen LogP contribution in [-0.4, -0.2) is 26.5 Å². The van der Waals surface area contributed by atoms with Crippen LogP contribution in [0.5, 0.6) is 0 Å². The quantitative estimate of drug-likeness (QED) is 0.683. The van der Waals surface area contributed by atoms with Crippen LogP contribution in [0.3, 0.4) is 0 Å². The SMILES string of the molecule is COC(=O)c1ccc(C)c(NS(=O)(=O)c2cccnc2Cl)c1. The maximum absolute atomic E-state index is 12.4. The van der Waals surface area contributed by atoms with E-state index in [0.29, 0.717) is 5.56 Å². The van der Waals surface area contributed by atoms with Gasteiger partial charge in [-0.2, -0.15) is 0 Å². The zero-order valence-corrected chi connectivity index (χ0v) is 13.4. The van der Waals surface area contributed by atoms with Crippen molar-refractivity contribution in [2.45, 2.75) is 11.8 Å². The first-order valence-electron chi connectivity index (χ1n) is 6.17. The van der Waals surface area contributed by atoms with Crippen LogP contribution < -0.4 is 4.72 Å². The van der Waals surface area contributed by atoms with Crippen molar-refractivity contribution in [3.8, 4) is 0 Å². The Hall–Kier alpha value is -2.12. The molecular formula is C14H13ClN2O4S. The van der Waals surface area contributed by atoms with E-state index in [1.54, 1.807) is 19.1 Å². The van der Waals surface area contributed by atoms with Crippen molar-refractivity contribution in [1.82, 2.24) is 4.98 Å². The lowest BCUT2D eigenvalue weighted by Gasteiger charge is -2.12. The number of rotatable bonds is 4. The van der Waals surface area contributed by atoms with E-state index in [1.165, 1.54) is 31.5 Å². The number of carbonyl (C=O) groups is 1. The number of aryl methyl sites for hydroxylation is 1. The van der Waals surface area contributed by atoms with Crippen LogP contribution in [0.15, 0.2) is 41.4 Å². The molecule has 1 aromatic carbocycles. The number of halogens is 1. The number of ether oxygens (including phenoxy) is 1. The Bertz CT molecular complexity index is 821. The van der Waals surface area contributed by atoms with Gasteiger partial charge in [-0.1, -0.05) is 17.7 Å². The van der Waals surface area contributed by atoms with Gasteiger partial charge < -0.3 is 4.74 Å². The molecule has 0 aliphatic heterocycles. The monoisotopic (exact) mass is 340 g/mol. The van der Waals surface area contributed by atoms with Gasteiger partial charge in [-0.15, -0.1) is 0 Å². The average Bonchev–Trinajstić information content (AvgIpc) is 2.48. The number of sulfonamides is 1. The highest BCUT2D eigenvalue weighted by atomic mass is 35.5. The molecule has 0 aliphatic carbocycles. The Kier molecular flexibility index (Phi) is 4.68. The van der Waals surface area contributed by atoms with Crippen LogP contribution in [0, 0.1) is 6.92 Å². The fraction of sp³-hybridized carbons (Fsp3) is 0.143. The predicted octanol–water partition coefficient (Wildman–Crippen LogP) is 2.63. The summed E-state index contributed by atoms with van der Waals surface area (Å²) in [6, 6.07) is 7.39. The molecule has 2 aromatic rings. The van der Waals surface area contributed by atoms with Gasteiger partial charge in [-0.3, -0.25) is 4.72 Å². The molecule has 6 nitrogen and oxygen atoms in total. The first-order chi connectivity index (χ1) is 10.3. The molecule has 2 rings (SSSR count). The Labute approximate surface area is 133 Å². The third kappa shape index (κ3) is 3.37. The van der Waals surface area contributed by atoms with Gasteiger partial charge in [0.15, 0.2) is 0 Å². The molecule has 8 heteroatoms. The number of methoxy groups -OCH3 is 1. The molecule has 0 fully saturated rings. The van der Waals surface area contributed by atoms with Crippen molar-refractivity contribution in [3.05, 3.63) is 52.8 Å². The topological polar surface area (TPSA) is 85.4 Å². The van der Waals surface area contributed by atoms with E-state index in [-0.39, 0.29) is 21.3 Å². The molecule has 0 amide bonds. The van der Waals surface area contributed by atoms with Crippen molar-refractivity contribution < 1.29 is 17.9 Å². The number of pyridine rings is 1. The van der Waals surface area contributed by atoms with Gasteiger partial charge in [0.1, 0.15) is 10.0 Å². The summed E-state index contributed by atoms with van der Waals surface area (Å²) in [4.78, 5) is 15.1. The molecule has 0 unspecified atom stereocenters. The van der Waals surface area contributed by atoms with Crippen LogP contribution >= 0.6 is 11.6 Å². The van der Waals surface area contributed by atoms with Gasteiger partial charge in [0, 0.05) is 6.20 Å². The minimum Gasteiger partial charge on any atom is -0.465 e. The highest BCUT2D eigenvalue weighted by molar-refractivity contribution is 7.92. The van der Waals surface area contributed by atoms with E-state index in [2.05, 4.69) is 14.4 Å². The largest absolute Gasteiger partial charge is 0.465 e. The number of carbonyl (C=O) groups excluding carboxylic acids is 1. The summed E-state index contributed by atoms with van der Waals surface area (Å²) in [6.07, 6.45) is 1.39. The van der Waals surface area contributed by atoms with Gasteiger partial charge in [0.25, 0.3) is 10.0 Å². The first-order valence-corrected chi connectivity index (χ1v) is 8.03. The summed E-state index contributed by atoms with van der Waals surface area (Å²) in [5, 5.41) is -0.128. The number of nitrogens with one attached hydrogen (secondary N) is 1. The summed E-state index contributed by atoms with van der Waals surface area (Å²) >= 11 is 5.81. The molecule has 1 heterocycles. The summed E-state index contributed by atoms with van der Waals surface area (Å²) in [6.45, 7) is 1.71. The van der Waals surface area contributed by atoms with Gasteiger partial charge >= 0.3 is 5.97 Å². The third-order valence-corrected chi connectivity index (χ3v) is 4.73. The number of nitrogens with zero attached hydrogens (tertiary/aromatic N) is 1. The van der Waals surface area contributed by atoms with Crippen LogP contribution in [0.4, 0.5) is 5.69 Å². The van der Waals surface area contributed by atoms with E-state index < -0.39 is 16.0 Å². The van der Waals surface area contributed by atoms with Crippen molar-refractivity contribution in [1.29, 1.82) is 0 Å². The van der Waals surface area contributed by atoms with E-state index in [0.717, 1.165) is 0 Å². The minimum atomic E-state index is -3.91. The zero-order chi connectivity index (χ0) is 16.3. The lowest BCUT2D eigenvalue weighted by Crippen LogP contribution is -2.15. The van der Waals surface area contributed by atoms with Gasteiger partial charge in [0.2, 0.25) is 0 Å². The van der Waals surface area contributed by atoms with Gasteiger partial charge in [0.05, 0.1) is 18.4 Å². The zero-order valence-electron chi connectivity index (χ0n) is 11.8. The summed E-state index contributed by atoms with van der Waals surface area (Å²) < 4.78 is 31.8. The molecule has 0 spiro atoms. The number of benzene rings is 1. The Morgan fingerprint density at radius 3 is 2.68 bits per heavy atom. The highest BCUT2D eigenvalue weighted by Crippen LogP contribution is 2.24. The molecule has 0 saturated heterocycles. The third-order valence-electron chi connectivity index (χ3n) is 2.92. The molecule has 0 aliphatic rings. The molecule has 116 valence electrons. The van der Waals surface area contributed by atoms with E-state index in [9.17, 15) is 13.2 Å². The van der Waals surface area contributed by atoms with Gasteiger partial charge in [-0.05, 0) is 36.8 Å². The maximum atomic E-state index is 12.4. The molecule has 0 bridgehead atoms. The Morgan fingerprint density at radius 1 is 1.32 bits per heavy atom. The molecule has 1 aromatic heterocycles. The van der Waals surface area contributed by atoms with Crippen molar-refractivity contribution in [2.75, 3.05) is 11.8 Å². The maximum Gasteiger partial charge on any atom is 0.337 e. The van der Waals surface area contributed by atoms with Crippen LogP contribution in [0.2, 0.25) is 5.15 Å². The predicted molar refractivity (Wildman–Crippen MR) is 82.6 cm³/mol. The summed E-state index contributed by atoms with van der Waals surface area (Å²) in [7, 11) is -2.66. The van der Waals surface area contributed by atoms with Crippen molar-refractivity contribution in [2.24, 2.45) is 0 Å². The normalized spacial score (nSPS) is 11.0. The molecule has 1 N–H and O–H groups in total. The second-order valence-electron chi connectivity index (χ2n) is 4.42. The lowest BCUT2D eigenvalue weighted by atomic mass is 10.1. The lowest BCUT2D eigenvalue weighted by molar-refractivity contribution is 0.0601. The van der Waals surface area contributed by atoms with E-state index >= 15 is 0 Å². The second-order valence-corrected chi connectivity index (χ2v) is 6.43. The fourth-order valence-electron chi connectivity index (χ4n) is 1.75. The number of hydrogen-bond acceptors (Lipinski definition) is 5. The number of anilines is 1. The number of esters is 1. The van der Waals surface area contributed by atoms with E-state index in [1.807, 2.05) is 0 Å². The highest BCUT2D eigenvalue weighted by Gasteiger charge is 2.20. The molecule has 0 saturated carbocycles. The van der Waals surface area contributed by atoms with Crippen LogP contribution in [0.1, 0.15) is 15.9 Å². The average molecular weight is 341 g/mol.